The van der Waals surface area contributed by atoms with E-state index in [1.54, 1.807) is 40.6 Å². The molecule has 1 heterocycles. The number of esters is 2. The summed E-state index contributed by atoms with van der Waals surface area (Å²) >= 11 is 10.1. The first kappa shape index (κ1) is 91.4. The molecule has 1 saturated heterocycles. The average molecular weight is 1710 g/mol. The summed E-state index contributed by atoms with van der Waals surface area (Å²) in [5, 5.41) is 26.6. The second-order valence-electron chi connectivity index (χ2n) is 24.2. The number of hydrogen-bond acceptors (Lipinski definition) is 13. The molecule has 112 heavy (non-hydrogen) atoms. The molecule has 0 unspecified atom stereocenters. The molecule has 12 aromatic carbocycles. The molecule has 18 heteroatoms. The van der Waals surface area contributed by atoms with Gasteiger partial charge in [-0.15, -0.1) is 0 Å². The van der Waals surface area contributed by atoms with Crippen molar-refractivity contribution in [2.75, 3.05) is 28.4 Å². The van der Waals surface area contributed by atoms with E-state index >= 15 is 0 Å². The fourth-order valence-corrected chi connectivity index (χ4v) is 12.6. The Morgan fingerprint density at radius 2 is 0.741 bits per heavy atom. The van der Waals surface area contributed by atoms with E-state index in [4.69, 9.17) is 41.4 Å². The third-order valence-corrected chi connectivity index (χ3v) is 18.5. The van der Waals surface area contributed by atoms with Crippen molar-refractivity contribution < 1.29 is 96.6 Å². The summed E-state index contributed by atoms with van der Waals surface area (Å²) in [5.74, 6) is 8.85. The van der Waals surface area contributed by atoms with Crippen LogP contribution in [0.2, 0.25) is 0 Å². The minimum absolute atomic E-state index is 0. The van der Waals surface area contributed by atoms with Gasteiger partial charge >= 0.3 is 41.5 Å². The maximum atomic E-state index is 10.1. The summed E-state index contributed by atoms with van der Waals surface area (Å²) in [5.41, 5.74) is 13.0. The number of aliphatic hydroxyl groups is 3. The van der Waals surface area contributed by atoms with Crippen LogP contribution in [0.25, 0.3) is 0 Å². The van der Waals surface area contributed by atoms with Crippen molar-refractivity contribution >= 4 is 74.4 Å². The fraction of sp³-hybridized carbons (Fsp3) is 0.181. The zero-order valence-electron chi connectivity index (χ0n) is 67.2. The van der Waals surface area contributed by atoms with Crippen LogP contribution in [0.15, 0.2) is 317 Å². The molecule has 0 atom stereocenters. The van der Waals surface area contributed by atoms with Crippen LogP contribution in [0.5, 0.6) is 23.0 Å². The number of carbonyl (C=O) groups is 3. The van der Waals surface area contributed by atoms with Crippen LogP contribution in [0.3, 0.4) is 0 Å². The Morgan fingerprint density at radius 3 is 1.06 bits per heavy atom. The number of benzene rings is 12. The predicted octanol–water partition coefficient (Wildman–Crippen LogP) is 17.9. The number of aryl methyl sites for hydroxylation is 1. The molecule has 0 saturated carbocycles. The summed E-state index contributed by atoms with van der Waals surface area (Å²) in [7, 11) is 9.18. The molecule has 1 fully saturated rings. The van der Waals surface area contributed by atoms with Crippen LogP contribution in [0.4, 0.5) is 0 Å². The van der Waals surface area contributed by atoms with Crippen molar-refractivity contribution in [3.8, 4) is 34.8 Å². The summed E-state index contributed by atoms with van der Waals surface area (Å²) < 4.78 is 54.1. The second kappa shape index (κ2) is 50.5. The van der Waals surface area contributed by atoms with Crippen molar-refractivity contribution in [3.05, 3.63) is 400 Å². The summed E-state index contributed by atoms with van der Waals surface area (Å²) in [6.07, 6.45) is 2.41. The maximum absolute atomic E-state index is 10.1. The first-order valence-corrected chi connectivity index (χ1v) is 37.0. The number of methoxy groups -OCH3 is 4. The molecule has 0 aliphatic carbocycles. The van der Waals surface area contributed by atoms with Gasteiger partial charge in [-0.3, -0.25) is 14.4 Å². The van der Waals surface area contributed by atoms with Gasteiger partial charge in [-0.2, -0.15) is 0 Å². The van der Waals surface area contributed by atoms with Crippen molar-refractivity contribution in [3.63, 3.8) is 0 Å². The Bertz CT molecular complexity index is 4680. The molecule has 12 aromatic rings. The number of cyclic esters (lactones) is 2. The molecule has 3 N–H and O–H groups in total. The minimum atomic E-state index is -0.893. The molecular weight excluding hydrogens is 1610 g/mol. The molecular formula is C94H94BBr3NaO13. The molecule has 0 aromatic heterocycles. The first-order valence-electron chi connectivity index (χ1n) is 36.6. The van der Waals surface area contributed by atoms with Crippen molar-refractivity contribution in [2.45, 2.75) is 85.2 Å². The zero-order chi connectivity index (χ0) is 80.9. The molecule has 1 aliphatic rings. The van der Waals surface area contributed by atoms with E-state index in [9.17, 15) is 19.5 Å². The molecule has 0 spiro atoms. The van der Waals surface area contributed by atoms with E-state index in [0.29, 0.717) is 18.8 Å². The van der Waals surface area contributed by atoms with Gasteiger partial charge in [0.15, 0.2) is 0 Å². The Hall–Kier alpha value is -9.49. The van der Waals surface area contributed by atoms with Crippen LogP contribution in [-0.4, -0.2) is 70.4 Å². The fourth-order valence-electron chi connectivity index (χ4n) is 11.3. The van der Waals surface area contributed by atoms with E-state index in [1.165, 1.54) is 20.4 Å². The molecule has 573 valence electrons. The molecule has 0 bridgehead atoms. The smallest absolute Gasteiger partial charge is 1.00 e. The van der Waals surface area contributed by atoms with Gasteiger partial charge in [-0.25, -0.2) is 0 Å². The van der Waals surface area contributed by atoms with Gasteiger partial charge in [0.1, 0.15) is 40.5 Å². The number of rotatable bonds is 21. The van der Waals surface area contributed by atoms with Crippen molar-refractivity contribution in [1.82, 2.24) is 0 Å². The van der Waals surface area contributed by atoms with E-state index in [1.807, 2.05) is 194 Å². The zero-order valence-corrected chi connectivity index (χ0v) is 71.0. The number of carbonyl (C=O) groups excluding carboxylic acids is 3. The van der Waals surface area contributed by atoms with E-state index < -0.39 is 23.1 Å². The van der Waals surface area contributed by atoms with E-state index in [0.717, 1.165) is 121 Å². The van der Waals surface area contributed by atoms with Crippen LogP contribution in [0, 0.1) is 11.8 Å². The Balaban J connectivity index is 0.000000403. The van der Waals surface area contributed by atoms with E-state index in [-0.39, 0.29) is 72.1 Å². The number of ether oxygens (including phenoxy) is 7. The van der Waals surface area contributed by atoms with Crippen LogP contribution in [-0.2, 0) is 74.5 Å². The second-order valence-corrected chi connectivity index (χ2v) is 26.9. The number of aldehydes is 1. The van der Waals surface area contributed by atoms with Crippen molar-refractivity contribution in [1.29, 1.82) is 0 Å². The standard InChI is InChI=1S/C37H32O4.C28H25BrO3.C9H12O.C7H7BrO.C7H5BrO.C4H4O3.2CH4.B.Na.H/c1-39-35-21-17-33(18-22-35)37(32-9-4-3-5-10-32,34-19-23-36(40-2)24-20-34)41-27-31-8-6-7-29(25-31)14-11-28-12-15-30(26-38)16-13-28;1-30-26-15-11-23(12-16-26)28(22-8-4-3-5-9-22,24-13-17-27(31-2)18-14-24)32-20-21-7-6-10-25(29)19-21;1-2-8-3-5-9(7-10)6-4-8;2*8-7-3-1-2-6(4-7)5-9;5-3-1-2-4(6)7-3;;;;;/h3-10,12-13,15-25,38H,26-27H2,1-2H3;3-19H,20H2,1-2H3;3-6,10H,2,7H2,1H3;1-4,9H,5H2;1-5H;1-2H2;2*1H4;;;/q;;;;;;;;;+1;-1/i;;;;;;1T;1D;;;. The summed E-state index contributed by atoms with van der Waals surface area (Å²) in [6, 6.07) is 99.6. The normalized spacial score (nSPS) is 10.9. The van der Waals surface area contributed by atoms with Crippen LogP contribution in [0.1, 0.15) is 127 Å². The Morgan fingerprint density at radius 1 is 0.420 bits per heavy atom. The largest absolute Gasteiger partial charge is 1.00 e. The molecule has 0 amide bonds. The summed E-state index contributed by atoms with van der Waals surface area (Å²) in [4.78, 5) is 30.2. The monoisotopic (exact) mass is 1700 g/mol. The third kappa shape index (κ3) is 28.6. The summed E-state index contributed by atoms with van der Waals surface area (Å²) in [6.45, 7) is 3.19. The third-order valence-electron chi connectivity index (χ3n) is 17.0. The van der Waals surface area contributed by atoms with Gasteiger partial charge in [0.25, 0.3) is 0 Å². The van der Waals surface area contributed by atoms with Crippen LogP contribution >= 0.6 is 47.8 Å². The van der Waals surface area contributed by atoms with Gasteiger partial charge in [0.05, 0.1) is 74.3 Å². The Kier molecular flexibility index (Phi) is 41.2. The predicted molar refractivity (Wildman–Crippen MR) is 455 cm³/mol. The van der Waals surface area contributed by atoms with Gasteiger partial charge in [0, 0.05) is 41.3 Å². The molecule has 13 rings (SSSR count). The molecule has 13 nitrogen and oxygen atoms in total. The van der Waals surface area contributed by atoms with Gasteiger partial charge in [-0.1, -0.05) is 275 Å². The SMILES string of the molecule is CCc1ccc(CO)cc1.COc1ccc(C(OCc2cccc(Br)c2)(c2ccccc2)c2ccc(OC)cc2)cc1.COc1ccc(C(OCc2cccc(C#Cc3ccc(CO)cc3)c2)(c2ccccc2)c2ccc(OC)cc2)cc1.O=C1CCC(=O)O1.O=Cc1cccc(Br)c1.OCc1cccc(Br)c1.[2H]C.[3H]C.[B].[H-].[Na+]. The number of aliphatic hydroxyl groups excluding tert-OH is 3. The quantitative estimate of drug-likeness (QED) is 0.0155. The molecule has 3 radical (unpaired) electrons. The topological polar surface area (TPSA) is 177 Å². The number of hydrogen-bond donors (Lipinski definition) is 3. The van der Waals surface area contributed by atoms with Crippen LogP contribution < -0.4 is 48.5 Å². The van der Waals surface area contributed by atoms with E-state index in [2.05, 4.69) is 168 Å². The molecule has 1 aliphatic heterocycles. The van der Waals surface area contributed by atoms with Crippen molar-refractivity contribution in [2.24, 2.45) is 0 Å². The number of halogens is 3. The van der Waals surface area contributed by atoms with Gasteiger partial charge in [0.2, 0.25) is 0 Å². The first-order chi connectivity index (χ1) is 54.6. The minimum Gasteiger partial charge on any atom is -1.00 e. The van der Waals surface area contributed by atoms with Gasteiger partial charge < -0.3 is 49.9 Å². The van der Waals surface area contributed by atoms with Gasteiger partial charge in [-0.05, 0) is 182 Å². The Labute approximate surface area is 713 Å². The maximum Gasteiger partial charge on any atom is 1.00 e. The average Bonchev–Trinajstić information content (AvgIpc) is 0.819.